The first-order valence-electron chi connectivity index (χ1n) is 6.56. The van der Waals surface area contributed by atoms with Gasteiger partial charge >= 0.3 is 0 Å². The Morgan fingerprint density at radius 2 is 1.69 bits per heavy atom. The van der Waals surface area contributed by atoms with Crippen LogP contribution in [0, 0.1) is 0 Å². The highest BCUT2D eigenvalue weighted by atomic mass is 28.4. The van der Waals surface area contributed by atoms with Crippen molar-refractivity contribution in [1.82, 2.24) is 4.57 Å². The summed E-state index contributed by atoms with van der Waals surface area (Å²) >= 11 is 0. The maximum absolute atomic E-state index is 6.18. The summed E-state index contributed by atoms with van der Waals surface area (Å²) in [7, 11) is -1.74. The number of hydrogen-bond donors (Lipinski definition) is 0. The lowest BCUT2D eigenvalue weighted by atomic mass is 10.1. The van der Waals surface area contributed by atoms with Crippen molar-refractivity contribution in [3.05, 3.63) is 0 Å². The summed E-state index contributed by atoms with van der Waals surface area (Å²) in [5, 5.41) is 0. The van der Waals surface area contributed by atoms with Crippen LogP contribution in [-0.4, -0.2) is 31.2 Å². The molecule has 3 heteroatoms. The van der Waals surface area contributed by atoms with Crippen molar-refractivity contribution in [2.24, 2.45) is 0 Å². The Labute approximate surface area is 104 Å². The van der Waals surface area contributed by atoms with E-state index in [1.54, 1.807) is 0 Å². The average Bonchev–Trinajstić information content (AvgIpc) is 1.98. The van der Waals surface area contributed by atoms with E-state index in [0.717, 1.165) is 6.61 Å². The molecule has 0 aromatic heterocycles. The van der Waals surface area contributed by atoms with Crippen LogP contribution >= 0.6 is 0 Å². The molecule has 0 aromatic rings. The highest BCUT2D eigenvalue weighted by Gasteiger charge is 2.40. The van der Waals surface area contributed by atoms with Gasteiger partial charge in [-0.3, -0.25) is 4.57 Å². The predicted molar refractivity (Wildman–Crippen MR) is 75.1 cm³/mol. The van der Waals surface area contributed by atoms with Crippen LogP contribution in [0.4, 0.5) is 0 Å². The largest absolute Gasteiger partial charge is 0.403 e. The van der Waals surface area contributed by atoms with E-state index in [2.05, 4.69) is 59.2 Å². The van der Waals surface area contributed by atoms with Gasteiger partial charge in [0.15, 0.2) is 0 Å². The van der Waals surface area contributed by atoms with Gasteiger partial charge in [-0.05, 0) is 46.3 Å². The number of hydrogen-bond acceptors (Lipinski definition) is 2. The van der Waals surface area contributed by atoms with Crippen LogP contribution in [0.25, 0.3) is 0 Å². The van der Waals surface area contributed by atoms with E-state index in [1.165, 1.54) is 12.8 Å². The molecule has 0 aliphatic carbocycles. The van der Waals surface area contributed by atoms with Crippen LogP contribution in [0.15, 0.2) is 0 Å². The molecule has 0 N–H and O–H groups in total. The summed E-state index contributed by atoms with van der Waals surface area (Å²) in [6.45, 7) is 19.1. The van der Waals surface area contributed by atoms with Gasteiger partial charge in [-0.25, -0.2) is 0 Å². The molecule has 98 valence electrons. The topological polar surface area (TPSA) is 12.5 Å². The Kier molecular flexibility index (Phi) is 6.23. The highest BCUT2D eigenvalue weighted by Crippen LogP contribution is 2.26. The second-order valence-corrected chi connectivity index (χ2v) is 9.95. The van der Waals surface area contributed by atoms with Gasteiger partial charge in [0.1, 0.15) is 0 Å². The fourth-order valence-electron chi connectivity index (χ4n) is 2.74. The molecule has 0 saturated heterocycles. The fourth-order valence-corrected chi connectivity index (χ4v) is 6.38. The Hall–Kier alpha value is 0.137. The number of rotatable bonds is 6. The molecule has 0 radical (unpaired) electrons. The van der Waals surface area contributed by atoms with Crippen molar-refractivity contribution in [2.45, 2.75) is 79.1 Å². The molecule has 0 amide bonds. The SMILES string of the molecule is CCCCO[Si](C)(C)N(C(C)C)C(C)(C)C. The van der Waals surface area contributed by atoms with E-state index in [1.807, 2.05) is 0 Å². The second kappa shape index (κ2) is 6.17. The third-order valence-corrected chi connectivity index (χ3v) is 6.03. The number of nitrogens with zero attached hydrogens (tertiary/aromatic N) is 1. The average molecular weight is 245 g/mol. The molecule has 0 aromatic carbocycles. The van der Waals surface area contributed by atoms with E-state index < -0.39 is 8.48 Å². The third-order valence-electron chi connectivity index (χ3n) is 2.77. The zero-order valence-corrected chi connectivity index (χ0v) is 13.6. The zero-order valence-electron chi connectivity index (χ0n) is 12.6. The van der Waals surface area contributed by atoms with Crippen molar-refractivity contribution in [2.75, 3.05) is 6.61 Å². The molecule has 0 fully saturated rings. The van der Waals surface area contributed by atoms with Gasteiger partial charge in [-0.15, -0.1) is 0 Å². The van der Waals surface area contributed by atoms with Crippen molar-refractivity contribution < 1.29 is 4.43 Å². The first-order valence-corrected chi connectivity index (χ1v) is 9.42. The minimum absolute atomic E-state index is 0.191. The van der Waals surface area contributed by atoms with E-state index in [4.69, 9.17) is 4.43 Å². The van der Waals surface area contributed by atoms with Crippen LogP contribution in [0.3, 0.4) is 0 Å². The van der Waals surface area contributed by atoms with Gasteiger partial charge in [0.2, 0.25) is 0 Å². The summed E-state index contributed by atoms with van der Waals surface area (Å²) in [5.74, 6) is 0. The lowest BCUT2D eigenvalue weighted by Gasteiger charge is -2.48. The molecule has 16 heavy (non-hydrogen) atoms. The maximum Gasteiger partial charge on any atom is 0.265 e. The molecule has 0 bridgehead atoms. The molecular weight excluding hydrogens is 214 g/mol. The van der Waals surface area contributed by atoms with E-state index in [9.17, 15) is 0 Å². The Balaban J connectivity index is 4.64. The van der Waals surface area contributed by atoms with E-state index in [0.29, 0.717) is 6.04 Å². The molecule has 0 atom stereocenters. The van der Waals surface area contributed by atoms with Crippen LogP contribution in [0.5, 0.6) is 0 Å². The lowest BCUT2D eigenvalue weighted by molar-refractivity contribution is 0.140. The molecule has 2 nitrogen and oxygen atoms in total. The van der Waals surface area contributed by atoms with Gasteiger partial charge < -0.3 is 4.43 Å². The van der Waals surface area contributed by atoms with Crippen LogP contribution in [0.1, 0.15) is 54.4 Å². The van der Waals surface area contributed by atoms with Gasteiger partial charge in [0.05, 0.1) is 0 Å². The van der Waals surface area contributed by atoms with Crippen molar-refractivity contribution >= 4 is 8.48 Å². The van der Waals surface area contributed by atoms with Crippen molar-refractivity contribution in [3.8, 4) is 0 Å². The van der Waals surface area contributed by atoms with Gasteiger partial charge in [0, 0.05) is 12.1 Å². The predicted octanol–water partition coefficient (Wildman–Crippen LogP) is 4.01. The summed E-state index contributed by atoms with van der Waals surface area (Å²) in [4.78, 5) is 0. The molecule has 0 spiro atoms. The molecule has 0 rings (SSSR count). The summed E-state index contributed by atoms with van der Waals surface area (Å²) in [6.07, 6.45) is 2.38. The zero-order chi connectivity index (χ0) is 13.0. The monoisotopic (exact) mass is 245 g/mol. The van der Waals surface area contributed by atoms with E-state index in [-0.39, 0.29) is 5.54 Å². The molecule has 0 saturated carbocycles. The molecule has 0 unspecified atom stereocenters. The Morgan fingerprint density at radius 3 is 2.00 bits per heavy atom. The molecule has 0 heterocycles. The fraction of sp³-hybridized carbons (Fsp3) is 1.00. The lowest BCUT2D eigenvalue weighted by Crippen LogP contribution is -2.62. The first kappa shape index (κ1) is 16.1. The standard InChI is InChI=1S/C13H31NOSi/c1-9-10-11-15-16(7,8)14(12(2)3)13(4,5)6/h12H,9-11H2,1-8H3. The smallest absolute Gasteiger partial charge is 0.265 e. The molecular formula is C13H31NOSi. The quantitative estimate of drug-likeness (QED) is 0.518. The Morgan fingerprint density at radius 1 is 1.19 bits per heavy atom. The van der Waals surface area contributed by atoms with Gasteiger partial charge in [0.25, 0.3) is 8.48 Å². The van der Waals surface area contributed by atoms with Crippen molar-refractivity contribution in [3.63, 3.8) is 0 Å². The first-order chi connectivity index (χ1) is 7.13. The van der Waals surface area contributed by atoms with Crippen LogP contribution < -0.4 is 0 Å². The third kappa shape index (κ3) is 4.98. The summed E-state index contributed by atoms with van der Waals surface area (Å²) in [6, 6.07) is 0.545. The maximum atomic E-state index is 6.18. The minimum Gasteiger partial charge on any atom is -0.403 e. The van der Waals surface area contributed by atoms with Crippen LogP contribution in [0.2, 0.25) is 13.1 Å². The van der Waals surface area contributed by atoms with E-state index >= 15 is 0 Å². The number of unbranched alkanes of at least 4 members (excludes halogenated alkanes) is 1. The normalized spacial score (nSPS) is 13.9. The summed E-state index contributed by atoms with van der Waals surface area (Å²) in [5.41, 5.74) is 0.191. The second-order valence-electron chi connectivity index (χ2n) is 6.28. The summed E-state index contributed by atoms with van der Waals surface area (Å²) < 4.78 is 8.76. The Bertz CT molecular complexity index is 197. The van der Waals surface area contributed by atoms with Crippen molar-refractivity contribution in [1.29, 1.82) is 0 Å². The molecule has 0 aliphatic heterocycles. The highest BCUT2D eigenvalue weighted by molar-refractivity contribution is 6.68. The van der Waals surface area contributed by atoms with Gasteiger partial charge in [-0.2, -0.15) is 0 Å². The van der Waals surface area contributed by atoms with Crippen LogP contribution in [-0.2, 0) is 4.43 Å². The molecule has 0 aliphatic rings. The van der Waals surface area contributed by atoms with Gasteiger partial charge in [-0.1, -0.05) is 27.2 Å². The minimum atomic E-state index is -1.74.